The summed E-state index contributed by atoms with van der Waals surface area (Å²) < 4.78 is 40.5. The molecule has 1 aliphatic rings. The Morgan fingerprint density at radius 1 is 1.23 bits per heavy atom. The lowest BCUT2D eigenvalue weighted by molar-refractivity contribution is -0.137. The summed E-state index contributed by atoms with van der Waals surface area (Å²) in [4.78, 5) is 33.2. The predicted octanol–water partition coefficient (Wildman–Crippen LogP) is 4.07. The van der Waals surface area contributed by atoms with E-state index >= 15 is 0 Å². The van der Waals surface area contributed by atoms with Crippen molar-refractivity contribution in [3.8, 4) is 11.9 Å². The number of nitrogens with one attached hydrogen (secondary N) is 2. The van der Waals surface area contributed by atoms with E-state index in [1.54, 1.807) is 19.1 Å². The molecule has 1 aliphatic carbocycles. The molecule has 2 N–H and O–H groups in total. The van der Waals surface area contributed by atoms with Crippen LogP contribution in [0.4, 0.5) is 18.9 Å². The van der Waals surface area contributed by atoms with Crippen LogP contribution in [0.25, 0.3) is 5.82 Å². The van der Waals surface area contributed by atoms with Gasteiger partial charge in [-0.25, -0.2) is 9.97 Å². The number of carbonyl (C=O) groups excluding carboxylic acids is 2. The summed E-state index contributed by atoms with van der Waals surface area (Å²) in [6, 6.07) is 6.97. The van der Waals surface area contributed by atoms with Gasteiger partial charge in [-0.3, -0.25) is 9.59 Å². The minimum absolute atomic E-state index is 0.223. The number of carbonyl (C=O) groups is 2. The van der Waals surface area contributed by atoms with E-state index in [4.69, 9.17) is 16.9 Å². The number of amides is 2. The lowest BCUT2D eigenvalue weighted by Crippen LogP contribution is -2.29. The highest BCUT2D eigenvalue weighted by atomic mass is 35.5. The molecule has 2 heterocycles. The zero-order valence-corrected chi connectivity index (χ0v) is 18.9. The third-order valence-corrected chi connectivity index (χ3v) is 5.64. The van der Waals surface area contributed by atoms with Crippen molar-refractivity contribution >= 4 is 29.1 Å². The molecule has 4 rings (SSSR count). The van der Waals surface area contributed by atoms with E-state index in [-0.39, 0.29) is 22.3 Å². The van der Waals surface area contributed by atoms with Crippen molar-refractivity contribution in [2.24, 2.45) is 5.41 Å². The van der Waals surface area contributed by atoms with Gasteiger partial charge in [0.15, 0.2) is 11.6 Å². The molecule has 35 heavy (non-hydrogen) atoms. The van der Waals surface area contributed by atoms with Crippen molar-refractivity contribution in [3.05, 3.63) is 64.8 Å². The topological polar surface area (TPSA) is 126 Å². The number of benzene rings is 1. The van der Waals surface area contributed by atoms with E-state index < -0.39 is 29.1 Å². The number of rotatable bonds is 6. The highest BCUT2D eigenvalue weighted by molar-refractivity contribution is 6.31. The molecule has 2 amide bonds. The van der Waals surface area contributed by atoms with E-state index in [2.05, 4.69) is 25.7 Å². The molecule has 0 unspecified atom stereocenters. The first-order valence-electron chi connectivity index (χ1n) is 10.3. The van der Waals surface area contributed by atoms with Gasteiger partial charge in [0, 0.05) is 10.6 Å². The van der Waals surface area contributed by atoms with Crippen molar-refractivity contribution in [2.45, 2.75) is 32.0 Å². The van der Waals surface area contributed by atoms with Crippen LogP contribution in [0.3, 0.4) is 0 Å². The number of halogens is 4. The van der Waals surface area contributed by atoms with E-state index in [1.165, 1.54) is 17.2 Å². The number of hydrogen-bond donors (Lipinski definition) is 2. The summed E-state index contributed by atoms with van der Waals surface area (Å²) in [7, 11) is 0. The molecule has 0 aliphatic heterocycles. The van der Waals surface area contributed by atoms with Crippen LogP contribution in [0, 0.1) is 16.7 Å². The Bertz CT molecular complexity index is 1330. The molecule has 0 bridgehead atoms. The number of alkyl halides is 3. The van der Waals surface area contributed by atoms with Gasteiger partial charge in [0.05, 0.1) is 29.6 Å². The quantitative estimate of drug-likeness (QED) is 0.522. The van der Waals surface area contributed by atoms with Crippen LogP contribution in [0.1, 0.15) is 47.6 Å². The fourth-order valence-electron chi connectivity index (χ4n) is 3.30. The standard InChI is InChI=1S/C22H17ClF3N7O2/c1-12(31-19(34)13-6-14(22(24,25)26)8-15(23)7-13)18-29-11-30-33(18)17-3-2-16(9-28-17)32-20(35)21(10-27)4-5-21/h2-3,6-9,11-12H,4-5H2,1H3,(H,31,34)(H,32,35)/t12-/m0/s1. The van der Waals surface area contributed by atoms with Crippen LogP contribution < -0.4 is 10.6 Å². The van der Waals surface area contributed by atoms with Gasteiger partial charge in [0.1, 0.15) is 11.7 Å². The molecule has 9 nitrogen and oxygen atoms in total. The molecule has 0 saturated heterocycles. The number of aromatic nitrogens is 4. The number of hydrogen-bond acceptors (Lipinski definition) is 6. The van der Waals surface area contributed by atoms with E-state index in [0.29, 0.717) is 30.4 Å². The van der Waals surface area contributed by atoms with Crippen molar-refractivity contribution in [3.63, 3.8) is 0 Å². The predicted molar refractivity (Wildman–Crippen MR) is 117 cm³/mol. The summed E-state index contributed by atoms with van der Waals surface area (Å²) in [6.07, 6.45) is -1.00. The second-order valence-corrected chi connectivity index (χ2v) is 8.44. The molecule has 3 aromatic rings. The lowest BCUT2D eigenvalue weighted by Gasteiger charge is -2.16. The number of nitrogens with zero attached hydrogens (tertiary/aromatic N) is 5. The van der Waals surface area contributed by atoms with E-state index in [0.717, 1.165) is 12.1 Å². The zero-order valence-electron chi connectivity index (χ0n) is 18.1. The van der Waals surface area contributed by atoms with E-state index in [9.17, 15) is 22.8 Å². The number of pyridine rings is 1. The maximum Gasteiger partial charge on any atom is 0.416 e. The van der Waals surface area contributed by atoms with Gasteiger partial charge in [0.25, 0.3) is 5.91 Å². The molecule has 1 aromatic carbocycles. The van der Waals surface area contributed by atoms with Crippen molar-refractivity contribution in [1.82, 2.24) is 25.1 Å². The molecular formula is C22H17ClF3N7O2. The fourth-order valence-corrected chi connectivity index (χ4v) is 3.54. The first kappa shape index (κ1) is 24.2. The van der Waals surface area contributed by atoms with Crippen LogP contribution in [-0.4, -0.2) is 31.6 Å². The smallest absolute Gasteiger partial charge is 0.342 e. The summed E-state index contributed by atoms with van der Waals surface area (Å²) in [5, 5.41) is 18.2. The minimum Gasteiger partial charge on any atom is -0.342 e. The second-order valence-electron chi connectivity index (χ2n) is 8.00. The molecule has 1 fully saturated rings. The molecule has 0 spiro atoms. The van der Waals surface area contributed by atoms with Gasteiger partial charge in [-0.05, 0) is 50.1 Å². The van der Waals surface area contributed by atoms with Crippen molar-refractivity contribution in [2.75, 3.05) is 5.32 Å². The zero-order chi connectivity index (χ0) is 25.4. The normalized spacial score (nSPS) is 15.1. The molecule has 1 atom stereocenters. The van der Waals surface area contributed by atoms with E-state index in [1.807, 2.05) is 6.07 Å². The van der Waals surface area contributed by atoms with Gasteiger partial charge in [-0.15, -0.1) is 0 Å². The second kappa shape index (κ2) is 8.99. The highest BCUT2D eigenvalue weighted by Gasteiger charge is 2.50. The van der Waals surface area contributed by atoms with Crippen LogP contribution in [0.5, 0.6) is 0 Å². The monoisotopic (exact) mass is 503 g/mol. The molecule has 1 saturated carbocycles. The first-order valence-corrected chi connectivity index (χ1v) is 10.7. The van der Waals surface area contributed by atoms with Gasteiger partial charge >= 0.3 is 6.18 Å². The maximum atomic E-state index is 13.1. The highest BCUT2D eigenvalue weighted by Crippen LogP contribution is 2.45. The summed E-state index contributed by atoms with van der Waals surface area (Å²) in [6.45, 7) is 1.58. The SMILES string of the molecule is C[C@H](NC(=O)c1cc(Cl)cc(C(F)(F)F)c1)c1ncnn1-c1ccc(NC(=O)C2(C#N)CC2)cn1. The third kappa shape index (κ3) is 5.09. The Morgan fingerprint density at radius 2 is 1.97 bits per heavy atom. The maximum absolute atomic E-state index is 13.1. The van der Waals surface area contributed by atoms with Crippen LogP contribution in [-0.2, 0) is 11.0 Å². The van der Waals surface area contributed by atoms with Crippen molar-refractivity contribution < 1.29 is 22.8 Å². The van der Waals surface area contributed by atoms with Gasteiger partial charge in [0.2, 0.25) is 5.91 Å². The Labute approximate surface area is 201 Å². The largest absolute Gasteiger partial charge is 0.416 e. The third-order valence-electron chi connectivity index (χ3n) is 5.42. The van der Waals surface area contributed by atoms with Gasteiger partial charge < -0.3 is 10.6 Å². The number of anilines is 1. The lowest BCUT2D eigenvalue weighted by atomic mass is 10.1. The molecule has 2 aromatic heterocycles. The Balaban J connectivity index is 1.48. The van der Waals surface area contributed by atoms with Crippen LogP contribution >= 0.6 is 11.6 Å². The average molecular weight is 504 g/mol. The first-order chi connectivity index (χ1) is 16.5. The fraction of sp³-hybridized carbons (Fsp3) is 0.273. The van der Waals surface area contributed by atoms with Gasteiger partial charge in [-0.2, -0.15) is 28.2 Å². The molecule has 0 radical (unpaired) electrons. The summed E-state index contributed by atoms with van der Waals surface area (Å²) in [5.74, 6) is -0.582. The molecule has 180 valence electrons. The molecule has 13 heteroatoms. The Kier molecular flexibility index (Phi) is 6.21. The Hall–Kier alpha value is -3.98. The van der Waals surface area contributed by atoms with Crippen LogP contribution in [0.2, 0.25) is 5.02 Å². The Morgan fingerprint density at radius 3 is 2.57 bits per heavy atom. The summed E-state index contributed by atoms with van der Waals surface area (Å²) >= 11 is 5.77. The van der Waals surface area contributed by atoms with Crippen LogP contribution in [0.15, 0.2) is 42.9 Å². The number of nitriles is 1. The summed E-state index contributed by atoms with van der Waals surface area (Å²) in [5.41, 5.74) is -1.88. The average Bonchev–Trinajstić information content (AvgIpc) is 3.47. The minimum atomic E-state index is -4.66. The van der Waals surface area contributed by atoms with Gasteiger partial charge in [-0.1, -0.05) is 11.6 Å². The molecular weight excluding hydrogens is 487 g/mol. The van der Waals surface area contributed by atoms with Crippen molar-refractivity contribution in [1.29, 1.82) is 5.26 Å².